The summed E-state index contributed by atoms with van der Waals surface area (Å²) in [5.74, 6) is 1.34. The van der Waals surface area contributed by atoms with Gasteiger partial charge in [-0.2, -0.15) is 10.1 Å². The Labute approximate surface area is 184 Å². The van der Waals surface area contributed by atoms with Crippen LogP contribution in [0.5, 0.6) is 0 Å². The molecular formula is C22H22ClN7O. The van der Waals surface area contributed by atoms with Crippen LogP contribution < -0.4 is 10.2 Å². The number of rotatable bonds is 4. The van der Waals surface area contributed by atoms with E-state index in [1.165, 1.54) is 0 Å². The molecule has 3 aromatic heterocycles. The fraction of sp³-hybridized carbons (Fsp3) is 0.273. The Balaban J connectivity index is 1.58. The largest absolute Gasteiger partial charge is 0.378 e. The molecule has 8 nitrogen and oxygen atoms in total. The van der Waals surface area contributed by atoms with Crippen LogP contribution in [0, 0.1) is 6.92 Å². The van der Waals surface area contributed by atoms with E-state index in [1.54, 1.807) is 0 Å². The van der Waals surface area contributed by atoms with Crippen LogP contribution in [0.25, 0.3) is 22.3 Å². The van der Waals surface area contributed by atoms with E-state index in [2.05, 4.69) is 20.3 Å². The van der Waals surface area contributed by atoms with Crippen molar-refractivity contribution in [3.63, 3.8) is 0 Å². The summed E-state index contributed by atoms with van der Waals surface area (Å²) in [5.41, 5.74) is 4.38. The molecule has 1 N–H and O–H groups in total. The van der Waals surface area contributed by atoms with Gasteiger partial charge in [0, 0.05) is 48.5 Å². The number of fused-ring (bicyclic) bond motifs is 1. The molecule has 0 atom stereocenters. The molecular weight excluding hydrogens is 414 g/mol. The lowest BCUT2D eigenvalue weighted by Gasteiger charge is -2.27. The number of hydrogen-bond donors (Lipinski definition) is 1. The predicted molar refractivity (Wildman–Crippen MR) is 122 cm³/mol. The summed E-state index contributed by atoms with van der Waals surface area (Å²) in [6, 6.07) is 11.5. The number of halogens is 1. The predicted octanol–water partition coefficient (Wildman–Crippen LogP) is 3.97. The summed E-state index contributed by atoms with van der Waals surface area (Å²) in [6.45, 7) is 4.80. The third-order valence-electron chi connectivity index (χ3n) is 5.31. The van der Waals surface area contributed by atoms with E-state index in [0.29, 0.717) is 30.0 Å². The number of anilines is 3. The fourth-order valence-electron chi connectivity index (χ4n) is 3.68. The Hall–Kier alpha value is -3.23. The summed E-state index contributed by atoms with van der Waals surface area (Å²) in [6.07, 6.45) is 1.86. The van der Waals surface area contributed by atoms with E-state index in [0.717, 1.165) is 46.8 Å². The SMILES string of the molecule is Cc1nn(C)c2cc(-c3cc(Nc4ccc(Cl)cc4)nc(N4CCOCC4)n3)ncc12. The first-order chi connectivity index (χ1) is 15.1. The van der Waals surface area contributed by atoms with Gasteiger partial charge in [0.2, 0.25) is 5.95 Å². The number of morpholine rings is 1. The van der Waals surface area contributed by atoms with Gasteiger partial charge >= 0.3 is 0 Å². The second kappa shape index (κ2) is 8.13. The van der Waals surface area contributed by atoms with Crippen molar-refractivity contribution in [2.75, 3.05) is 36.5 Å². The molecule has 0 saturated carbocycles. The highest BCUT2D eigenvalue weighted by atomic mass is 35.5. The fourth-order valence-corrected chi connectivity index (χ4v) is 3.81. The van der Waals surface area contributed by atoms with E-state index >= 15 is 0 Å². The van der Waals surface area contributed by atoms with E-state index < -0.39 is 0 Å². The topological polar surface area (TPSA) is 81.0 Å². The highest BCUT2D eigenvalue weighted by Crippen LogP contribution is 2.27. The lowest BCUT2D eigenvalue weighted by atomic mass is 10.2. The van der Waals surface area contributed by atoms with Gasteiger partial charge in [-0.1, -0.05) is 11.6 Å². The average molecular weight is 436 g/mol. The van der Waals surface area contributed by atoms with Crippen molar-refractivity contribution >= 4 is 40.0 Å². The Bertz CT molecular complexity index is 1230. The van der Waals surface area contributed by atoms with E-state index in [-0.39, 0.29) is 0 Å². The molecule has 5 rings (SSSR count). The molecule has 158 valence electrons. The van der Waals surface area contributed by atoms with Crippen LogP contribution in [0.4, 0.5) is 17.5 Å². The number of nitrogens with zero attached hydrogens (tertiary/aromatic N) is 6. The molecule has 1 saturated heterocycles. The first-order valence-electron chi connectivity index (χ1n) is 10.1. The standard InChI is InChI=1S/C22H22ClN7O/c1-14-17-13-24-18(11-20(17)29(2)28-14)19-12-21(25-16-5-3-15(23)4-6-16)27-22(26-19)30-7-9-31-10-8-30/h3-6,11-13H,7-10H2,1-2H3,(H,25,26,27). The Kier molecular flexibility index (Phi) is 5.17. The molecule has 0 bridgehead atoms. The third-order valence-corrected chi connectivity index (χ3v) is 5.56. The number of aromatic nitrogens is 5. The molecule has 1 aromatic carbocycles. The Morgan fingerprint density at radius 3 is 2.58 bits per heavy atom. The average Bonchev–Trinajstić information content (AvgIpc) is 3.08. The minimum Gasteiger partial charge on any atom is -0.378 e. The first kappa shape index (κ1) is 19.7. The van der Waals surface area contributed by atoms with Gasteiger partial charge in [-0.05, 0) is 37.3 Å². The van der Waals surface area contributed by atoms with Gasteiger partial charge in [-0.3, -0.25) is 9.67 Å². The van der Waals surface area contributed by atoms with Crippen molar-refractivity contribution in [2.45, 2.75) is 6.92 Å². The summed E-state index contributed by atoms with van der Waals surface area (Å²) in [7, 11) is 1.94. The number of benzene rings is 1. The van der Waals surface area contributed by atoms with Gasteiger partial charge in [0.15, 0.2) is 0 Å². The quantitative estimate of drug-likeness (QED) is 0.519. The van der Waals surface area contributed by atoms with Crippen molar-refractivity contribution in [2.24, 2.45) is 7.05 Å². The van der Waals surface area contributed by atoms with Crippen molar-refractivity contribution in [3.05, 3.63) is 53.3 Å². The van der Waals surface area contributed by atoms with Gasteiger partial charge in [-0.25, -0.2) is 4.98 Å². The maximum absolute atomic E-state index is 6.02. The second-order valence-electron chi connectivity index (χ2n) is 7.47. The van der Waals surface area contributed by atoms with Crippen molar-refractivity contribution in [3.8, 4) is 11.4 Å². The molecule has 9 heteroatoms. The maximum atomic E-state index is 6.02. The molecule has 1 fully saturated rings. The van der Waals surface area contributed by atoms with Crippen LogP contribution >= 0.6 is 11.6 Å². The molecule has 4 aromatic rings. The number of pyridine rings is 1. The minimum atomic E-state index is 0.653. The minimum absolute atomic E-state index is 0.653. The summed E-state index contributed by atoms with van der Waals surface area (Å²) >= 11 is 6.02. The van der Waals surface area contributed by atoms with Crippen LogP contribution in [0.1, 0.15) is 5.69 Å². The molecule has 0 aliphatic carbocycles. The van der Waals surface area contributed by atoms with Crippen LogP contribution in [0.3, 0.4) is 0 Å². The lowest BCUT2D eigenvalue weighted by Crippen LogP contribution is -2.37. The van der Waals surface area contributed by atoms with Gasteiger partial charge in [0.05, 0.1) is 35.8 Å². The molecule has 31 heavy (non-hydrogen) atoms. The Morgan fingerprint density at radius 1 is 1.03 bits per heavy atom. The zero-order chi connectivity index (χ0) is 21.4. The molecule has 0 radical (unpaired) electrons. The zero-order valence-electron chi connectivity index (χ0n) is 17.3. The van der Waals surface area contributed by atoms with Crippen molar-refractivity contribution < 1.29 is 4.74 Å². The molecule has 1 aliphatic heterocycles. The lowest BCUT2D eigenvalue weighted by molar-refractivity contribution is 0.122. The van der Waals surface area contributed by atoms with Crippen molar-refractivity contribution in [1.82, 2.24) is 24.7 Å². The third kappa shape index (κ3) is 4.04. The summed E-state index contributed by atoms with van der Waals surface area (Å²) < 4.78 is 7.36. The van der Waals surface area contributed by atoms with Gasteiger partial charge in [0.1, 0.15) is 5.82 Å². The maximum Gasteiger partial charge on any atom is 0.228 e. The Morgan fingerprint density at radius 2 is 1.81 bits per heavy atom. The number of aryl methyl sites for hydroxylation is 2. The first-order valence-corrected chi connectivity index (χ1v) is 10.5. The summed E-state index contributed by atoms with van der Waals surface area (Å²) in [4.78, 5) is 16.4. The molecule has 0 amide bonds. The van der Waals surface area contributed by atoms with E-state index in [9.17, 15) is 0 Å². The monoisotopic (exact) mass is 435 g/mol. The van der Waals surface area contributed by atoms with Crippen LogP contribution in [-0.2, 0) is 11.8 Å². The number of hydrogen-bond acceptors (Lipinski definition) is 7. The highest BCUT2D eigenvalue weighted by molar-refractivity contribution is 6.30. The van der Waals surface area contributed by atoms with Gasteiger partial charge in [0.25, 0.3) is 0 Å². The second-order valence-corrected chi connectivity index (χ2v) is 7.90. The highest BCUT2D eigenvalue weighted by Gasteiger charge is 2.18. The van der Waals surface area contributed by atoms with Gasteiger partial charge < -0.3 is 15.0 Å². The number of nitrogens with one attached hydrogen (secondary N) is 1. The molecule has 4 heterocycles. The molecule has 0 unspecified atom stereocenters. The van der Waals surface area contributed by atoms with E-state index in [1.807, 2.05) is 61.2 Å². The van der Waals surface area contributed by atoms with Crippen molar-refractivity contribution in [1.29, 1.82) is 0 Å². The van der Waals surface area contributed by atoms with E-state index in [4.69, 9.17) is 26.3 Å². The van der Waals surface area contributed by atoms with Crippen LogP contribution in [-0.4, -0.2) is 51.0 Å². The van der Waals surface area contributed by atoms with Crippen LogP contribution in [0.15, 0.2) is 42.6 Å². The van der Waals surface area contributed by atoms with Gasteiger partial charge in [-0.15, -0.1) is 0 Å². The zero-order valence-corrected chi connectivity index (χ0v) is 18.1. The molecule has 1 aliphatic rings. The molecule has 0 spiro atoms. The normalized spacial score (nSPS) is 14.2. The summed E-state index contributed by atoms with van der Waals surface area (Å²) in [5, 5.41) is 9.58. The smallest absolute Gasteiger partial charge is 0.228 e. The number of ether oxygens (including phenoxy) is 1. The van der Waals surface area contributed by atoms with Crippen LogP contribution in [0.2, 0.25) is 5.02 Å².